The van der Waals surface area contributed by atoms with Gasteiger partial charge in [0.15, 0.2) is 17.3 Å². The second kappa shape index (κ2) is 12.9. The minimum Gasteiger partial charge on any atom is -0.489 e. The fourth-order valence-corrected chi connectivity index (χ4v) is 2.49. The predicted molar refractivity (Wildman–Crippen MR) is 121 cm³/mol. The van der Waals surface area contributed by atoms with E-state index in [4.69, 9.17) is 14.2 Å². The Morgan fingerprint density at radius 3 is 2.07 bits per heavy atom. The Hall–Kier alpha value is -2.49. The lowest BCUT2D eigenvalue weighted by Gasteiger charge is -2.16. The fraction of sp³-hybridized carbons (Fsp3) is 0.480. The molecule has 0 N–H and O–H groups in total. The predicted octanol–water partition coefficient (Wildman–Crippen LogP) is 7.36. The quantitative estimate of drug-likeness (QED) is 0.501. The van der Waals surface area contributed by atoms with Crippen molar-refractivity contribution in [1.29, 1.82) is 0 Å². The van der Waals surface area contributed by atoms with Gasteiger partial charge in [-0.15, -0.1) is 0 Å². The lowest BCUT2D eigenvalue weighted by molar-refractivity contribution is -0.0431. The van der Waals surface area contributed by atoms with Gasteiger partial charge >= 0.3 is 0 Å². The topological polar surface area (TPSA) is 44.8 Å². The number of ketones is 1. The van der Waals surface area contributed by atoms with Crippen LogP contribution in [0.1, 0.15) is 83.8 Å². The molecular formula is C25H38O4. The van der Waals surface area contributed by atoms with Gasteiger partial charge in [-0.3, -0.25) is 4.79 Å². The maximum atomic E-state index is 11.5. The molecule has 0 saturated heterocycles. The van der Waals surface area contributed by atoms with Gasteiger partial charge in [-0.2, -0.15) is 0 Å². The summed E-state index contributed by atoms with van der Waals surface area (Å²) in [5.74, 6) is 1.59. The van der Waals surface area contributed by atoms with Crippen molar-refractivity contribution >= 4 is 5.78 Å². The van der Waals surface area contributed by atoms with Gasteiger partial charge in [0.1, 0.15) is 12.4 Å². The highest BCUT2D eigenvalue weighted by molar-refractivity contribution is 5.94. The lowest BCUT2D eigenvalue weighted by Crippen LogP contribution is -2.29. The van der Waals surface area contributed by atoms with E-state index < -0.39 is 5.79 Å². The van der Waals surface area contributed by atoms with E-state index in [1.54, 1.807) is 13.0 Å². The third-order valence-corrected chi connectivity index (χ3v) is 3.71. The summed E-state index contributed by atoms with van der Waals surface area (Å²) in [6, 6.07) is 11.3. The molecule has 0 saturated carbocycles. The van der Waals surface area contributed by atoms with Crippen molar-refractivity contribution in [3.8, 4) is 17.2 Å². The number of hydrogen-bond donors (Lipinski definition) is 0. The summed E-state index contributed by atoms with van der Waals surface area (Å²) in [6.45, 7) is 19.7. The van der Waals surface area contributed by atoms with Crippen LogP contribution in [-0.2, 0) is 6.61 Å². The number of benzene rings is 2. The Morgan fingerprint density at radius 1 is 0.897 bits per heavy atom. The van der Waals surface area contributed by atoms with Gasteiger partial charge in [0, 0.05) is 19.4 Å². The first-order valence-corrected chi connectivity index (χ1v) is 10.6. The summed E-state index contributed by atoms with van der Waals surface area (Å²) in [6.07, 6.45) is 0. The first-order valence-electron chi connectivity index (χ1n) is 10.6. The van der Waals surface area contributed by atoms with Gasteiger partial charge in [-0.1, -0.05) is 59.7 Å². The molecule has 0 bridgehead atoms. The summed E-state index contributed by atoms with van der Waals surface area (Å²) in [5.41, 5.74) is 2.63. The standard InChI is InChI=1S/C19H20O4.3C2H6/c1-12-5-7-15(13(2)20)10-17(12)21-11-14-6-8-16-18(9-14)23-19(3,4)22-16;3*1-2/h5-10H,11H2,1-4H3;3*1-2H3. The molecule has 4 heteroatoms. The number of rotatable bonds is 4. The zero-order chi connectivity index (χ0) is 22.6. The molecule has 0 amide bonds. The molecule has 3 rings (SSSR count). The van der Waals surface area contributed by atoms with Crippen LogP contribution in [0.4, 0.5) is 0 Å². The SMILES string of the molecule is CC.CC.CC.CC(=O)c1ccc(C)c(OCc2ccc3c(c2)OC(C)(C)O3)c1. The maximum absolute atomic E-state index is 11.5. The summed E-state index contributed by atoms with van der Waals surface area (Å²) < 4.78 is 17.3. The molecule has 0 radical (unpaired) electrons. The van der Waals surface area contributed by atoms with Gasteiger partial charge in [-0.25, -0.2) is 0 Å². The van der Waals surface area contributed by atoms with Crippen molar-refractivity contribution in [1.82, 2.24) is 0 Å². The van der Waals surface area contributed by atoms with Crippen LogP contribution in [0.25, 0.3) is 0 Å². The highest BCUT2D eigenvalue weighted by atomic mass is 16.7. The molecule has 0 aliphatic carbocycles. The van der Waals surface area contributed by atoms with E-state index in [0.29, 0.717) is 12.2 Å². The van der Waals surface area contributed by atoms with Crippen molar-refractivity contribution in [3.05, 3.63) is 53.1 Å². The van der Waals surface area contributed by atoms with Crippen molar-refractivity contribution in [2.75, 3.05) is 0 Å². The minimum atomic E-state index is -0.631. The molecule has 0 atom stereocenters. The third-order valence-electron chi connectivity index (χ3n) is 3.71. The molecule has 29 heavy (non-hydrogen) atoms. The fourth-order valence-electron chi connectivity index (χ4n) is 2.49. The summed E-state index contributed by atoms with van der Waals surface area (Å²) in [5, 5.41) is 0. The van der Waals surface area contributed by atoms with Crippen molar-refractivity contribution < 1.29 is 19.0 Å². The molecule has 1 aliphatic heterocycles. The number of hydrogen-bond acceptors (Lipinski definition) is 4. The number of carbonyl (C=O) groups is 1. The number of Topliss-reactive ketones (excluding diaryl/α,β-unsaturated/α-hetero) is 1. The average Bonchev–Trinajstić information content (AvgIpc) is 3.04. The molecule has 0 aromatic heterocycles. The molecule has 0 unspecified atom stereocenters. The zero-order valence-electron chi connectivity index (χ0n) is 19.8. The van der Waals surface area contributed by atoms with Crippen LogP contribution in [-0.4, -0.2) is 11.6 Å². The molecule has 0 spiro atoms. The van der Waals surface area contributed by atoms with Gasteiger partial charge < -0.3 is 14.2 Å². The molecule has 2 aromatic rings. The third kappa shape index (κ3) is 7.80. The Morgan fingerprint density at radius 2 is 1.48 bits per heavy atom. The Balaban J connectivity index is 0.00000120. The highest BCUT2D eigenvalue weighted by Crippen LogP contribution is 2.39. The molecule has 0 fully saturated rings. The zero-order valence-corrected chi connectivity index (χ0v) is 19.8. The second-order valence-corrected chi connectivity index (χ2v) is 6.21. The van der Waals surface area contributed by atoms with Crippen LogP contribution in [0.15, 0.2) is 36.4 Å². The molecule has 2 aromatic carbocycles. The summed E-state index contributed by atoms with van der Waals surface area (Å²) in [4.78, 5) is 11.5. The first kappa shape index (κ1) is 26.5. The van der Waals surface area contributed by atoms with E-state index in [-0.39, 0.29) is 5.78 Å². The normalized spacial score (nSPS) is 12.2. The molecule has 1 heterocycles. The molecule has 4 nitrogen and oxygen atoms in total. The Kier molecular flexibility index (Phi) is 11.8. The van der Waals surface area contributed by atoms with E-state index in [0.717, 1.165) is 28.4 Å². The van der Waals surface area contributed by atoms with Gasteiger partial charge in [0.2, 0.25) is 5.79 Å². The van der Waals surface area contributed by atoms with Gasteiger partial charge in [0.25, 0.3) is 0 Å². The van der Waals surface area contributed by atoms with Crippen molar-refractivity contribution in [3.63, 3.8) is 0 Å². The Bertz CT molecular complexity index is 763. The molecule has 1 aliphatic rings. The monoisotopic (exact) mass is 402 g/mol. The second-order valence-electron chi connectivity index (χ2n) is 6.21. The van der Waals surface area contributed by atoms with Crippen LogP contribution in [0.3, 0.4) is 0 Å². The lowest BCUT2D eigenvalue weighted by atomic mass is 10.1. The van der Waals surface area contributed by atoms with Crippen LogP contribution >= 0.6 is 0 Å². The van der Waals surface area contributed by atoms with E-state index >= 15 is 0 Å². The van der Waals surface area contributed by atoms with Gasteiger partial charge in [-0.05, 0) is 43.2 Å². The van der Waals surface area contributed by atoms with Crippen LogP contribution < -0.4 is 14.2 Å². The number of ether oxygens (including phenoxy) is 3. The van der Waals surface area contributed by atoms with Crippen molar-refractivity contribution in [2.45, 2.75) is 81.6 Å². The summed E-state index contributed by atoms with van der Waals surface area (Å²) >= 11 is 0. The maximum Gasteiger partial charge on any atom is 0.246 e. The van der Waals surface area contributed by atoms with E-state index in [2.05, 4.69) is 0 Å². The smallest absolute Gasteiger partial charge is 0.246 e. The van der Waals surface area contributed by atoms with Crippen LogP contribution in [0.2, 0.25) is 0 Å². The summed E-state index contributed by atoms with van der Waals surface area (Å²) in [7, 11) is 0. The number of aryl methyl sites for hydroxylation is 1. The van der Waals surface area contributed by atoms with Crippen LogP contribution in [0.5, 0.6) is 17.2 Å². The average molecular weight is 403 g/mol. The van der Waals surface area contributed by atoms with Gasteiger partial charge in [0.05, 0.1) is 0 Å². The van der Waals surface area contributed by atoms with Crippen molar-refractivity contribution in [2.24, 2.45) is 0 Å². The largest absolute Gasteiger partial charge is 0.489 e. The Labute approximate surface area is 177 Å². The van der Waals surface area contributed by atoms with Crippen LogP contribution in [0, 0.1) is 6.92 Å². The van der Waals surface area contributed by atoms with E-state index in [1.165, 1.54) is 0 Å². The molecule has 162 valence electrons. The number of carbonyl (C=O) groups excluding carboxylic acids is 1. The minimum absolute atomic E-state index is 0.0279. The van der Waals surface area contributed by atoms with E-state index in [9.17, 15) is 4.79 Å². The first-order chi connectivity index (χ1) is 13.8. The number of fused-ring (bicyclic) bond motifs is 1. The van der Waals surface area contributed by atoms with E-state index in [1.807, 2.05) is 92.6 Å². The molecular weight excluding hydrogens is 364 g/mol. The highest BCUT2D eigenvalue weighted by Gasteiger charge is 2.31.